The van der Waals surface area contributed by atoms with Crippen LogP contribution < -0.4 is 10.1 Å². The molecule has 3 heteroatoms. The number of ether oxygens (including phenoxy) is 1. The van der Waals surface area contributed by atoms with Gasteiger partial charge in [0.1, 0.15) is 5.75 Å². The Morgan fingerprint density at radius 3 is 2.48 bits per heavy atom. The van der Waals surface area contributed by atoms with Gasteiger partial charge in [-0.1, -0.05) is 56.7 Å². The number of aryl methyl sites for hydroxylation is 1. The van der Waals surface area contributed by atoms with Crippen LogP contribution in [0.2, 0.25) is 0 Å². The summed E-state index contributed by atoms with van der Waals surface area (Å²) in [6, 6.07) is 15.8. The average Bonchev–Trinajstić information content (AvgIpc) is 2.56. The van der Waals surface area contributed by atoms with Crippen molar-refractivity contribution < 1.29 is 9.53 Å². The Bertz CT molecular complexity index is 652. The lowest BCUT2D eigenvalue weighted by Gasteiger charge is -2.23. The molecule has 0 aliphatic carbocycles. The number of rotatable bonds is 6. The highest BCUT2D eigenvalue weighted by Crippen LogP contribution is 2.31. The van der Waals surface area contributed by atoms with Crippen molar-refractivity contribution in [3.8, 4) is 5.75 Å². The van der Waals surface area contributed by atoms with E-state index in [0.29, 0.717) is 5.75 Å². The van der Waals surface area contributed by atoms with Gasteiger partial charge in [0.05, 0.1) is 18.7 Å². The van der Waals surface area contributed by atoms with E-state index in [0.717, 1.165) is 23.2 Å². The quantitative estimate of drug-likeness (QED) is 0.834. The monoisotopic (exact) mass is 311 g/mol. The zero-order chi connectivity index (χ0) is 16.8. The average molecular weight is 311 g/mol. The van der Waals surface area contributed by atoms with E-state index in [1.807, 2.05) is 55.5 Å². The minimum atomic E-state index is -0.175. The number of hydrogen-bond acceptors (Lipinski definition) is 2. The molecule has 0 heterocycles. The van der Waals surface area contributed by atoms with E-state index in [1.54, 1.807) is 7.11 Å². The summed E-state index contributed by atoms with van der Waals surface area (Å²) in [5, 5.41) is 3.05. The number of carbonyl (C=O) groups is 1. The third-order valence-corrected chi connectivity index (χ3v) is 4.27. The lowest BCUT2D eigenvalue weighted by Crippen LogP contribution is -2.26. The fraction of sp³-hybridized carbons (Fsp3) is 0.350. The standard InChI is InChI=1S/C20H25NO2/c1-5-15(3)19(16-9-7-6-8-10-16)20(22)21-17-13-14(2)11-12-18(17)23-4/h6-13,15,19H,5H2,1-4H3,(H,21,22)/t15-,19-/m1/s1. The highest BCUT2D eigenvalue weighted by molar-refractivity contribution is 5.97. The number of benzene rings is 2. The van der Waals surface area contributed by atoms with Crippen molar-refractivity contribution >= 4 is 11.6 Å². The Labute approximate surface area is 138 Å². The molecule has 0 saturated heterocycles. The van der Waals surface area contributed by atoms with Crippen LogP contribution >= 0.6 is 0 Å². The van der Waals surface area contributed by atoms with Crippen molar-refractivity contribution in [3.63, 3.8) is 0 Å². The number of anilines is 1. The largest absolute Gasteiger partial charge is 0.495 e. The number of nitrogens with one attached hydrogen (secondary N) is 1. The molecule has 0 saturated carbocycles. The van der Waals surface area contributed by atoms with Crippen LogP contribution in [0.5, 0.6) is 5.75 Å². The molecule has 1 N–H and O–H groups in total. The van der Waals surface area contributed by atoms with Gasteiger partial charge < -0.3 is 10.1 Å². The van der Waals surface area contributed by atoms with E-state index < -0.39 is 0 Å². The van der Waals surface area contributed by atoms with Crippen molar-refractivity contribution in [1.82, 2.24) is 0 Å². The van der Waals surface area contributed by atoms with Gasteiger partial charge in [-0.05, 0) is 36.1 Å². The smallest absolute Gasteiger partial charge is 0.232 e. The van der Waals surface area contributed by atoms with E-state index in [-0.39, 0.29) is 17.7 Å². The minimum absolute atomic E-state index is 0.00875. The molecule has 3 nitrogen and oxygen atoms in total. The van der Waals surface area contributed by atoms with Gasteiger partial charge in [0.15, 0.2) is 0 Å². The van der Waals surface area contributed by atoms with E-state index >= 15 is 0 Å². The first kappa shape index (κ1) is 17.1. The SMILES string of the molecule is CC[C@@H](C)[C@@H](C(=O)Nc1cc(C)ccc1OC)c1ccccc1. The molecule has 1 amide bonds. The predicted octanol–water partition coefficient (Wildman–Crippen LogP) is 4.77. The van der Waals surface area contributed by atoms with Gasteiger partial charge in [-0.3, -0.25) is 4.79 Å². The molecule has 0 spiro atoms. The summed E-state index contributed by atoms with van der Waals surface area (Å²) >= 11 is 0. The molecule has 2 aromatic rings. The first-order valence-corrected chi connectivity index (χ1v) is 8.07. The maximum absolute atomic E-state index is 12.9. The highest BCUT2D eigenvalue weighted by Gasteiger charge is 2.26. The fourth-order valence-electron chi connectivity index (χ4n) is 2.76. The molecule has 0 aromatic heterocycles. The Balaban J connectivity index is 2.30. The van der Waals surface area contributed by atoms with Gasteiger partial charge in [-0.15, -0.1) is 0 Å². The topological polar surface area (TPSA) is 38.3 Å². The molecule has 2 aromatic carbocycles. The molecule has 2 rings (SSSR count). The van der Waals surface area contributed by atoms with E-state index in [2.05, 4.69) is 19.2 Å². The van der Waals surface area contributed by atoms with E-state index in [4.69, 9.17) is 4.74 Å². The van der Waals surface area contributed by atoms with Crippen molar-refractivity contribution in [2.24, 2.45) is 5.92 Å². The zero-order valence-corrected chi connectivity index (χ0v) is 14.3. The third kappa shape index (κ3) is 4.13. The number of amides is 1. The summed E-state index contributed by atoms with van der Waals surface area (Å²) in [6.07, 6.45) is 0.942. The summed E-state index contributed by atoms with van der Waals surface area (Å²) in [7, 11) is 1.61. The van der Waals surface area contributed by atoms with Crippen molar-refractivity contribution in [2.75, 3.05) is 12.4 Å². The Kier molecular flexibility index (Phi) is 5.80. The number of methoxy groups -OCH3 is 1. The molecule has 23 heavy (non-hydrogen) atoms. The molecule has 0 radical (unpaired) electrons. The van der Waals surface area contributed by atoms with E-state index in [1.165, 1.54) is 0 Å². The van der Waals surface area contributed by atoms with Gasteiger partial charge in [0.25, 0.3) is 0 Å². The molecular formula is C20H25NO2. The summed E-state index contributed by atoms with van der Waals surface area (Å²) in [4.78, 5) is 12.9. The molecule has 0 fully saturated rings. The van der Waals surface area contributed by atoms with Gasteiger partial charge >= 0.3 is 0 Å². The first-order valence-electron chi connectivity index (χ1n) is 8.07. The molecule has 0 bridgehead atoms. The second-order valence-electron chi connectivity index (χ2n) is 5.97. The minimum Gasteiger partial charge on any atom is -0.495 e. The number of hydrogen-bond donors (Lipinski definition) is 1. The maximum Gasteiger partial charge on any atom is 0.232 e. The molecule has 0 aliphatic heterocycles. The molecule has 2 atom stereocenters. The van der Waals surface area contributed by atoms with Gasteiger partial charge in [0.2, 0.25) is 5.91 Å². The van der Waals surface area contributed by atoms with Crippen molar-refractivity contribution in [1.29, 1.82) is 0 Å². The first-order chi connectivity index (χ1) is 11.1. The normalized spacial score (nSPS) is 13.2. The Morgan fingerprint density at radius 1 is 1.17 bits per heavy atom. The number of carbonyl (C=O) groups excluding carboxylic acids is 1. The Hall–Kier alpha value is -2.29. The van der Waals surface area contributed by atoms with Crippen LogP contribution in [-0.4, -0.2) is 13.0 Å². The second-order valence-corrected chi connectivity index (χ2v) is 5.97. The molecule has 0 aliphatic rings. The summed E-state index contributed by atoms with van der Waals surface area (Å²) in [5.41, 5.74) is 2.86. The molecular weight excluding hydrogens is 286 g/mol. The third-order valence-electron chi connectivity index (χ3n) is 4.27. The van der Waals surface area contributed by atoms with E-state index in [9.17, 15) is 4.79 Å². The van der Waals surface area contributed by atoms with Crippen LogP contribution in [0, 0.1) is 12.8 Å². The summed E-state index contributed by atoms with van der Waals surface area (Å²) in [5.74, 6) is 0.772. The van der Waals surface area contributed by atoms with Crippen LogP contribution in [-0.2, 0) is 4.79 Å². The second kappa shape index (κ2) is 7.82. The van der Waals surface area contributed by atoms with Crippen LogP contribution in [0.3, 0.4) is 0 Å². The van der Waals surface area contributed by atoms with Gasteiger partial charge in [-0.25, -0.2) is 0 Å². The lowest BCUT2D eigenvalue weighted by molar-refractivity contribution is -0.118. The van der Waals surface area contributed by atoms with Gasteiger partial charge in [-0.2, -0.15) is 0 Å². The summed E-state index contributed by atoms with van der Waals surface area (Å²) in [6.45, 7) is 6.23. The van der Waals surface area contributed by atoms with Crippen molar-refractivity contribution in [2.45, 2.75) is 33.1 Å². The van der Waals surface area contributed by atoms with Crippen LogP contribution in [0.1, 0.15) is 37.3 Å². The predicted molar refractivity (Wildman–Crippen MR) is 95.0 cm³/mol. The van der Waals surface area contributed by atoms with Crippen molar-refractivity contribution in [3.05, 3.63) is 59.7 Å². The fourth-order valence-corrected chi connectivity index (χ4v) is 2.76. The van der Waals surface area contributed by atoms with Crippen LogP contribution in [0.25, 0.3) is 0 Å². The van der Waals surface area contributed by atoms with Crippen LogP contribution in [0.4, 0.5) is 5.69 Å². The highest BCUT2D eigenvalue weighted by atomic mass is 16.5. The van der Waals surface area contributed by atoms with Gasteiger partial charge in [0, 0.05) is 0 Å². The zero-order valence-electron chi connectivity index (χ0n) is 14.3. The lowest BCUT2D eigenvalue weighted by atomic mass is 9.85. The van der Waals surface area contributed by atoms with Crippen LogP contribution in [0.15, 0.2) is 48.5 Å². The maximum atomic E-state index is 12.9. The molecule has 0 unspecified atom stereocenters. The molecule has 122 valence electrons. The Morgan fingerprint density at radius 2 is 1.87 bits per heavy atom. The summed E-state index contributed by atoms with van der Waals surface area (Å²) < 4.78 is 5.36.